The number of fused-ring (bicyclic) bond motifs is 1. The zero-order valence-corrected chi connectivity index (χ0v) is 13.3. The number of hydrogen-bond donors (Lipinski definition) is 1. The van der Waals surface area contributed by atoms with Crippen molar-refractivity contribution in [3.63, 3.8) is 0 Å². The number of carbonyl (C=O) groups excluding carboxylic acids is 2. The van der Waals surface area contributed by atoms with E-state index in [-0.39, 0.29) is 5.91 Å². The number of alkyl halides is 3. The van der Waals surface area contributed by atoms with E-state index in [2.05, 4.69) is 0 Å². The van der Waals surface area contributed by atoms with E-state index in [0.717, 1.165) is 10.8 Å². The number of rotatable bonds is 2. The number of nitrogens with zero attached hydrogens (tertiary/aromatic N) is 1. The molecule has 1 fully saturated rings. The third-order valence-corrected chi connectivity index (χ3v) is 4.39. The zero-order valence-electron chi connectivity index (χ0n) is 13.3. The number of halogens is 3. The van der Waals surface area contributed by atoms with Crippen molar-refractivity contribution in [1.29, 1.82) is 0 Å². The highest BCUT2D eigenvalue weighted by molar-refractivity contribution is 6.07. The van der Waals surface area contributed by atoms with Crippen molar-refractivity contribution in [2.24, 2.45) is 0 Å². The van der Waals surface area contributed by atoms with Crippen LogP contribution in [0.1, 0.15) is 23.2 Å². The molecule has 0 bridgehead atoms. The van der Waals surface area contributed by atoms with Crippen molar-refractivity contribution < 1.29 is 22.8 Å². The van der Waals surface area contributed by atoms with Crippen LogP contribution in [0.15, 0.2) is 42.5 Å². The summed E-state index contributed by atoms with van der Waals surface area (Å²) in [6, 6.07) is 12.5. The molecule has 7 heteroatoms. The van der Waals surface area contributed by atoms with Gasteiger partial charge in [0, 0.05) is 24.7 Å². The van der Waals surface area contributed by atoms with Gasteiger partial charge in [-0.05, 0) is 29.7 Å². The highest BCUT2D eigenvalue weighted by Gasteiger charge is 2.40. The van der Waals surface area contributed by atoms with Gasteiger partial charge >= 0.3 is 12.1 Å². The third-order valence-electron chi connectivity index (χ3n) is 4.39. The molecule has 1 heterocycles. The largest absolute Gasteiger partial charge is 0.471 e. The monoisotopic (exact) mass is 350 g/mol. The quantitative estimate of drug-likeness (QED) is 0.905. The summed E-state index contributed by atoms with van der Waals surface area (Å²) in [6.07, 6.45) is -4.27. The summed E-state index contributed by atoms with van der Waals surface area (Å²) >= 11 is 0. The van der Waals surface area contributed by atoms with Gasteiger partial charge in [0.05, 0.1) is 0 Å². The molecule has 1 aliphatic rings. The number of nitrogens with one attached hydrogen (secondary N) is 1. The van der Waals surface area contributed by atoms with Crippen LogP contribution in [0.3, 0.4) is 0 Å². The lowest BCUT2D eigenvalue weighted by molar-refractivity contribution is -0.174. The molecular weight excluding hydrogens is 333 g/mol. The van der Waals surface area contributed by atoms with Crippen molar-refractivity contribution >= 4 is 22.6 Å². The molecule has 1 saturated heterocycles. The van der Waals surface area contributed by atoms with Gasteiger partial charge in [0.2, 0.25) is 0 Å². The first-order valence-electron chi connectivity index (χ1n) is 8.01. The van der Waals surface area contributed by atoms with Crippen molar-refractivity contribution in [3.05, 3.63) is 48.0 Å². The molecule has 2 aromatic rings. The molecule has 1 N–H and O–H groups in total. The lowest BCUT2D eigenvalue weighted by Crippen LogP contribution is -2.49. The van der Waals surface area contributed by atoms with E-state index >= 15 is 0 Å². The van der Waals surface area contributed by atoms with Gasteiger partial charge in [0.25, 0.3) is 5.91 Å². The minimum atomic E-state index is -4.88. The van der Waals surface area contributed by atoms with Gasteiger partial charge in [-0.15, -0.1) is 0 Å². The summed E-state index contributed by atoms with van der Waals surface area (Å²) in [4.78, 5) is 25.4. The van der Waals surface area contributed by atoms with Gasteiger partial charge in [-0.2, -0.15) is 13.2 Å². The van der Waals surface area contributed by atoms with Gasteiger partial charge < -0.3 is 10.2 Å². The molecule has 1 aliphatic heterocycles. The summed E-state index contributed by atoms with van der Waals surface area (Å²) in [6.45, 7) is 0.621. The number of likely N-dealkylation sites (tertiary alicyclic amines) is 1. The van der Waals surface area contributed by atoms with Gasteiger partial charge in [0.15, 0.2) is 0 Å². The first kappa shape index (κ1) is 17.3. The van der Waals surface area contributed by atoms with Crippen LogP contribution in [0.4, 0.5) is 13.2 Å². The predicted molar refractivity (Wildman–Crippen MR) is 87.1 cm³/mol. The van der Waals surface area contributed by atoms with Gasteiger partial charge in [-0.25, -0.2) is 0 Å². The lowest BCUT2D eigenvalue weighted by Gasteiger charge is -2.32. The number of hydrogen-bond acceptors (Lipinski definition) is 2. The second-order valence-corrected chi connectivity index (χ2v) is 6.06. The summed E-state index contributed by atoms with van der Waals surface area (Å²) in [7, 11) is 0. The molecule has 0 spiro atoms. The molecule has 2 aromatic carbocycles. The van der Waals surface area contributed by atoms with E-state index in [1.807, 2.05) is 41.7 Å². The van der Waals surface area contributed by atoms with E-state index in [4.69, 9.17) is 0 Å². The maximum atomic E-state index is 12.8. The fraction of sp³-hybridized carbons (Fsp3) is 0.333. The number of carbonyl (C=O) groups is 2. The van der Waals surface area contributed by atoms with E-state index < -0.39 is 18.1 Å². The minimum Gasteiger partial charge on any atom is -0.345 e. The maximum absolute atomic E-state index is 12.8. The average Bonchev–Trinajstić information content (AvgIpc) is 2.60. The predicted octanol–water partition coefficient (Wildman–Crippen LogP) is 3.12. The normalized spacial score (nSPS) is 16.0. The van der Waals surface area contributed by atoms with E-state index in [9.17, 15) is 22.8 Å². The van der Waals surface area contributed by atoms with Crippen molar-refractivity contribution in [2.75, 3.05) is 13.1 Å². The third kappa shape index (κ3) is 3.75. The van der Waals surface area contributed by atoms with Crippen molar-refractivity contribution in [3.8, 4) is 0 Å². The average molecular weight is 350 g/mol. The number of amides is 2. The van der Waals surface area contributed by atoms with Crippen LogP contribution in [0.2, 0.25) is 0 Å². The molecule has 3 rings (SSSR count). The Kier molecular flexibility index (Phi) is 4.65. The molecule has 25 heavy (non-hydrogen) atoms. The molecule has 0 aromatic heterocycles. The minimum absolute atomic E-state index is 0.141. The number of piperidine rings is 1. The van der Waals surface area contributed by atoms with Crippen LogP contribution in [0, 0.1) is 0 Å². The number of benzene rings is 2. The lowest BCUT2D eigenvalue weighted by atomic mass is 10.0. The molecule has 2 amide bonds. The van der Waals surface area contributed by atoms with Crippen LogP contribution in [-0.4, -0.2) is 42.0 Å². The van der Waals surface area contributed by atoms with Gasteiger partial charge in [-0.1, -0.05) is 36.4 Å². The van der Waals surface area contributed by atoms with E-state index in [0.29, 0.717) is 31.5 Å². The molecule has 0 unspecified atom stereocenters. The standard InChI is InChI=1S/C18H17F3N2O2/c19-18(20,21)17(25)22-13-8-10-23(11-9-13)16(24)15-7-3-5-12-4-1-2-6-14(12)15/h1-7,13H,8-11H2,(H,22,25). The molecule has 132 valence electrons. The Morgan fingerprint density at radius 2 is 1.64 bits per heavy atom. The van der Waals surface area contributed by atoms with Gasteiger partial charge in [-0.3, -0.25) is 9.59 Å². The van der Waals surface area contributed by atoms with Gasteiger partial charge in [0.1, 0.15) is 0 Å². The molecular formula is C18H17F3N2O2. The Morgan fingerprint density at radius 1 is 1.00 bits per heavy atom. The summed E-state index contributed by atoms with van der Waals surface area (Å²) in [5.41, 5.74) is 0.580. The smallest absolute Gasteiger partial charge is 0.345 e. The fourth-order valence-corrected chi connectivity index (χ4v) is 3.08. The van der Waals surface area contributed by atoms with Crippen LogP contribution in [0.25, 0.3) is 10.8 Å². The molecule has 0 aliphatic carbocycles. The Balaban J connectivity index is 1.67. The van der Waals surface area contributed by atoms with E-state index in [1.54, 1.807) is 11.0 Å². The molecule has 0 saturated carbocycles. The van der Waals surface area contributed by atoms with Crippen LogP contribution >= 0.6 is 0 Å². The van der Waals surface area contributed by atoms with Crippen LogP contribution in [0.5, 0.6) is 0 Å². The highest BCUT2D eigenvalue weighted by Crippen LogP contribution is 2.22. The maximum Gasteiger partial charge on any atom is 0.471 e. The zero-order chi connectivity index (χ0) is 18.0. The SMILES string of the molecule is O=C(c1cccc2ccccc12)N1CCC(NC(=O)C(F)(F)F)CC1. The highest BCUT2D eigenvalue weighted by atomic mass is 19.4. The van der Waals surface area contributed by atoms with Crippen LogP contribution in [-0.2, 0) is 4.79 Å². The van der Waals surface area contributed by atoms with Crippen molar-refractivity contribution in [1.82, 2.24) is 10.2 Å². The Hall–Kier alpha value is -2.57. The summed E-state index contributed by atoms with van der Waals surface area (Å²) in [5.74, 6) is -2.07. The topological polar surface area (TPSA) is 49.4 Å². The van der Waals surface area contributed by atoms with Crippen LogP contribution < -0.4 is 5.32 Å². The molecule has 0 radical (unpaired) electrons. The Morgan fingerprint density at radius 3 is 2.32 bits per heavy atom. The van der Waals surface area contributed by atoms with E-state index in [1.165, 1.54) is 0 Å². The Labute approximate surface area is 142 Å². The summed E-state index contributed by atoms with van der Waals surface area (Å²) in [5, 5.41) is 3.79. The second kappa shape index (κ2) is 6.74. The second-order valence-electron chi connectivity index (χ2n) is 6.06. The Bertz CT molecular complexity index is 791. The molecule has 0 atom stereocenters. The summed E-state index contributed by atoms with van der Waals surface area (Å²) < 4.78 is 36.9. The van der Waals surface area contributed by atoms with Crippen molar-refractivity contribution in [2.45, 2.75) is 25.1 Å². The first-order chi connectivity index (χ1) is 11.9. The fourth-order valence-electron chi connectivity index (χ4n) is 3.08. The molecule has 4 nitrogen and oxygen atoms in total. The first-order valence-corrected chi connectivity index (χ1v) is 8.01.